The van der Waals surface area contributed by atoms with Crippen molar-refractivity contribution in [3.05, 3.63) is 24.3 Å². The van der Waals surface area contributed by atoms with Gasteiger partial charge in [0.1, 0.15) is 0 Å². The average molecular weight is 288 g/mol. The highest BCUT2D eigenvalue weighted by Gasteiger charge is 2.24. The number of hydrogen-bond donors (Lipinski definition) is 3. The number of aliphatic hydroxyl groups excluding tert-OH is 3. The van der Waals surface area contributed by atoms with Crippen molar-refractivity contribution < 1.29 is 29.6 Å². The van der Waals surface area contributed by atoms with Crippen LogP contribution in [0.25, 0.3) is 0 Å². The van der Waals surface area contributed by atoms with Gasteiger partial charge in [0, 0.05) is 16.6 Å². The van der Waals surface area contributed by atoms with Gasteiger partial charge in [-0.3, -0.25) is 0 Å². The summed E-state index contributed by atoms with van der Waals surface area (Å²) in [6, 6.07) is 0. The van der Waals surface area contributed by atoms with Gasteiger partial charge < -0.3 is 20.1 Å². The zero-order chi connectivity index (χ0) is 16.3. The third-order valence-electron chi connectivity index (χ3n) is 2.64. The van der Waals surface area contributed by atoms with Crippen LogP contribution < -0.4 is 0 Å². The van der Waals surface area contributed by atoms with Crippen LogP contribution in [0.2, 0.25) is 0 Å². The molecule has 0 fully saturated rings. The molecule has 0 radical (unpaired) electrons. The van der Waals surface area contributed by atoms with E-state index in [4.69, 9.17) is 15.3 Å². The Balaban J connectivity index is 0. The SMILES string of the molecule is C=C(C)C(=O)OC(=O)C(=C)C.CCC(CO)(CO)CO. The first-order chi connectivity index (χ1) is 9.19. The molecule has 0 atom stereocenters. The van der Waals surface area contributed by atoms with Gasteiger partial charge in [0.05, 0.1) is 19.8 Å². The van der Waals surface area contributed by atoms with Crippen LogP contribution in [0.5, 0.6) is 0 Å². The summed E-state index contributed by atoms with van der Waals surface area (Å²) in [4.78, 5) is 21.3. The highest BCUT2D eigenvalue weighted by Crippen LogP contribution is 2.18. The van der Waals surface area contributed by atoms with E-state index >= 15 is 0 Å². The van der Waals surface area contributed by atoms with Gasteiger partial charge in [-0.2, -0.15) is 0 Å². The molecule has 0 unspecified atom stereocenters. The second-order valence-corrected chi connectivity index (χ2v) is 4.57. The van der Waals surface area contributed by atoms with Gasteiger partial charge >= 0.3 is 11.9 Å². The highest BCUT2D eigenvalue weighted by atomic mass is 16.6. The average Bonchev–Trinajstić information content (AvgIpc) is 2.42. The van der Waals surface area contributed by atoms with E-state index in [0.29, 0.717) is 6.42 Å². The zero-order valence-electron chi connectivity index (χ0n) is 12.3. The first-order valence-corrected chi connectivity index (χ1v) is 6.09. The molecule has 0 aliphatic rings. The normalized spacial score (nSPS) is 10.1. The number of esters is 2. The number of carbonyl (C=O) groups is 2. The summed E-state index contributed by atoms with van der Waals surface area (Å²) in [6.07, 6.45) is 0.594. The van der Waals surface area contributed by atoms with E-state index in [1.54, 1.807) is 0 Å². The van der Waals surface area contributed by atoms with Crippen molar-refractivity contribution in [3.8, 4) is 0 Å². The van der Waals surface area contributed by atoms with Crippen LogP contribution >= 0.6 is 0 Å². The summed E-state index contributed by atoms with van der Waals surface area (Å²) >= 11 is 0. The van der Waals surface area contributed by atoms with Gasteiger partial charge in [-0.15, -0.1) is 0 Å². The summed E-state index contributed by atoms with van der Waals surface area (Å²) in [5.41, 5.74) is -0.279. The molecule has 0 aromatic rings. The Kier molecular flexibility index (Phi) is 10.7. The Hall–Kier alpha value is -1.50. The number of rotatable bonds is 6. The van der Waals surface area contributed by atoms with Crippen LogP contribution in [0.1, 0.15) is 27.2 Å². The molecule has 0 aliphatic heterocycles. The van der Waals surface area contributed by atoms with E-state index in [1.807, 2.05) is 6.92 Å². The van der Waals surface area contributed by atoms with E-state index in [0.717, 1.165) is 0 Å². The van der Waals surface area contributed by atoms with E-state index in [9.17, 15) is 9.59 Å². The molecule has 0 spiro atoms. The van der Waals surface area contributed by atoms with Crippen molar-refractivity contribution in [1.82, 2.24) is 0 Å². The Labute approximate surface area is 119 Å². The van der Waals surface area contributed by atoms with E-state index in [1.165, 1.54) is 13.8 Å². The fourth-order valence-corrected chi connectivity index (χ4v) is 0.744. The van der Waals surface area contributed by atoms with Crippen LogP contribution in [0.4, 0.5) is 0 Å². The lowest BCUT2D eigenvalue weighted by atomic mass is 9.88. The van der Waals surface area contributed by atoms with E-state index in [2.05, 4.69) is 17.9 Å². The number of carbonyl (C=O) groups excluding carboxylic acids is 2. The van der Waals surface area contributed by atoms with Crippen LogP contribution in [-0.4, -0.2) is 47.1 Å². The van der Waals surface area contributed by atoms with Gasteiger partial charge in [0.15, 0.2) is 0 Å². The molecule has 116 valence electrons. The van der Waals surface area contributed by atoms with E-state index < -0.39 is 17.4 Å². The number of aliphatic hydroxyl groups is 3. The van der Waals surface area contributed by atoms with E-state index in [-0.39, 0.29) is 31.0 Å². The van der Waals surface area contributed by atoms with Crippen molar-refractivity contribution in [3.63, 3.8) is 0 Å². The van der Waals surface area contributed by atoms with Crippen LogP contribution in [-0.2, 0) is 14.3 Å². The minimum Gasteiger partial charge on any atom is -0.396 e. The molecule has 6 heteroatoms. The maximum atomic E-state index is 10.7. The molecule has 0 aliphatic carbocycles. The molecule has 0 rings (SSSR count). The highest BCUT2D eigenvalue weighted by molar-refractivity contribution is 6.00. The Morgan fingerprint density at radius 3 is 1.35 bits per heavy atom. The van der Waals surface area contributed by atoms with Gasteiger partial charge in [0.2, 0.25) is 0 Å². The second-order valence-electron chi connectivity index (χ2n) is 4.57. The Morgan fingerprint density at radius 1 is 0.950 bits per heavy atom. The molecular formula is C14H24O6. The Bertz CT molecular complexity index is 313. The largest absolute Gasteiger partial charge is 0.396 e. The fourth-order valence-electron chi connectivity index (χ4n) is 0.744. The third kappa shape index (κ3) is 7.83. The Morgan fingerprint density at radius 2 is 1.25 bits per heavy atom. The molecule has 6 nitrogen and oxygen atoms in total. The van der Waals surface area contributed by atoms with Crippen molar-refractivity contribution in [2.75, 3.05) is 19.8 Å². The summed E-state index contributed by atoms with van der Waals surface area (Å²) in [7, 11) is 0. The van der Waals surface area contributed by atoms with Gasteiger partial charge in [0.25, 0.3) is 0 Å². The molecule has 20 heavy (non-hydrogen) atoms. The smallest absolute Gasteiger partial charge is 0.340 e. The van der Waals surface area contributed by atoms with Crippen molar-refractivity contribution in [2.45, 2.75) is 27.2 Å². The second kappa shape index (κ2) is 10.3. The van der Waals surface area contributed by atoms with Crippen LogP contribution in [0.15, 0.2) is 24.3 Å². The summed E-state index contributed by atoms with van der Waals surface area (Å²) in [5.74, 6) is -1.42. The maximum Gasteiger partial charge on any atom is 0.340 e. The molecule has 0 aromatic heterocycles. The van der Waals surface area contributed by atoms with Gasteiger partial charge in [-0.05, 0) is 20.3 Å². The molecule has 3 N–H and O–H groups in total. The summed E-state index contributed by atoms with van der Waals surface area (Å²) in [5, 5.41) is 26.0. The van der Waals surface area contributed by atoms with Gasteiger partial charge in [-0.1, -0.05) is 20.1 Å². The quantitative estimate of drug-likeness (QED) is 0.375. The lowest BCUT2D eigenvalue weighted by Crippen LogP contribution is -2.32. The topological polar surface area (TPSA) is 104 Å². The molecular weight excluding hydrogens is 264 g/mol. The maximum absolute atomic E-state index is 10.7. The minimum absolute atomic E-state index is 0.156. The fraction of sp³-hybridized carbons (Fsp3) is 0.571. The summed E-state index contributed by atoms with van der Waals surface area (Å²) in [6.45, 7) is 10.9. The predicted molar refractivity (Wildman–Crippen MR) is 74.7 cm³/mol. The summed E-state index contributed by atoms with van der Waals surface area (Å²) < 4.78 is 4.30. The third-order valence-corrected chi connectivity index (χ3v) is 2.64. The number of ether oxygens (including phenoxy) is 1. The molecule has 0 saturated heterocycles. The standard InChI is InChI=1S/C8H10O3.C6H14O3/c1-5(2)7(9)11-8(10)6(3)4;1-2-6(3-7,4-8)5-9/h1,3H2,2,4H3;7-9H,2-5H2,1H3. The molecule has 0 amide bonds. The molecule has 0 heterocycles. The van der Waals surface area contributed by atoms with Crippen molar-refractivity contribution >= 4 is 11.9 Å². The van der Waals surface area contributed by atoms with Gasteiger partial charge in [-0.25, -0.2) is 9.59 Å². The van der Waals surface area contributed by atoms with Crippen molar-refractivity contribution in [1.29, 1.82) is 0 Å². The first kappa shape index (κ1) is 20.8. The lowest BCUT2D eigenvalue weighted by Gasteiger charge is -2.24. The zero-order valence-corrected chi connectivity index (χ0v) is 12.3. The van der Waals surface area contributed by atoms with Crippen LogP contribution in [0, 0.1) is 5.41 Å². The first-order valence-electron chi connectivity index (χ1n) is 6.09. The minimum atomic E-state index is -0.710. The molecule has 0 aromatic carbocycles. The van der Waals surface area contributed by atoms with Crippen molar-refractivity contribution in [2.24, 2.45) is 5.41 Å². The lowest BCUT2D eigenvalue weighted by molar-refractivity contribution is -0.153. The predicted octanol–water partition coefficient (Wildman–Crippen LogP) is 0.568. The molecule has 0 saturated carbocycles. The van der Waals surface area contributed by atoms with Crippen LogP contribution in [0.3, 0.4) is 0 Å². The monoisotopic (exact) mass is 288 g/mol. The number of hydrogen-bond acceptors (Lipinski definition) is 6. The molecule has 0 bridgehead atoms.